The van der Waals surface area contributed by atoms with E-state index in [0.717, 1.165) is 34.8 Å². The number of hydrogen-bond acceptors (Lipinski definition) is 5. The number of aromatic nitrogens is 2. The molecule has 0 radical (unpaired) electrons. The number of carboxylic acids is 1. The Labute approximate surface area is 131 Å². The fraction of sp³-hybridized carbons (Fsp3) is 0.333. The molecule has 22 heavy (non-hydrogen) atoms. The minimum absolute atomic E-state index is 0.0711. The quantitative estimate of drug-likeness (QED) is 0.936. The molecule has 7 heteroatoms. The van der Waals surface area contributed by atoms with Crippen molar-refractivity contribution in [2.75, 3.05) is 6.54 Å². The molecule has 1 amide bonds. The van der Waals surface area contributed by atoms with Crippen LogP contribution in [0.5, 0.6) is 0 Å². The molecule has 0 saturated heterocycles. The van der Waals surface area contributed by atoms with Crippen LogP contribution in [0.1, 0.15) is 43.8 Å². The van der Waals surface area contributed by atoms with E-state index in [1.165, 1.54) is 0 Å². The van der Waals surface area contributed by atoms with Crippen LogP contribution in [0.25, 0.3) is 0 Å². The minimum atomic E-state index is -0.953. The van der Waals surface area contributed by atoms with Crippen LogP contribution in [0.15, 0.2) is 18.2 Å². The van der Waals surface area contributed by atoms with Crippen molar-refractivity contribution in [2.24, 2.45) is 0 Å². The number of carboxylic acid groups (broad SMARTS) is 1. The normalized spacial score (nSPS) is 13.8. The van der Waals surface area contributed by atoms with E-state index in [2.05, 4.69) is 9.59 Å². The van der Waals surface area contributed by atoms with Gasteiger partial charge < -0.3 is 10.0 Å². The highest BCUT2D eigenvalue weighted by molar-refractivity contribution is 7.08. The predicted octanol–water partition coefficient (Wildman–Crippen LogP) is 2.00. The lowest BCUT2D eigenvalue weighted by molar-refractivity contribution is 0.0696. The Kier molecular flexibility index (Phi) is 3.89. The number of hydrogen-bond donors (Lipinski definition) is 1. The fourth-order valence-electron chi connectivity index (χ4n) is 2.61. The second-order valence-electron chi connectivity index (χ2n) is 5.17. The number of fused-ring (bicyclic) bond motifs is 1. The predicted molar refractivity (Wildman–Crippen MR) is 81.1 cm³/mol. The third-order valence-electron chi connectivity index (χ3n) is 3.84. The smallest absolute Gasteiger partial charge is 0.335 e. The van der Waals surface area contributed by atoms with Crippen LogP contribution >= 0.6 is 11.5 Å². The van der Waals surface area contributed by atoms with Crippen molar-refractivity contribution in [3.8, 4) is 0 Å². The molecule has 6 nitrogen and oxygen atoms in total. The lowest BCUT2D eigenvalue weighted by Gasteiger charge is -2.28. The number of nitrogens with zero attached hydrogens (tertiary/aromatic N) is 3. The summed E-state index contributed by atoms with van der Waals surface area (Å²) >= 11 is 1.12. The summed E-state index contributed by atoms with van der Waals surface area (Å²) in [5.41, 5.74) is 2.98. The zero-order valence-electron chi connectivity index (χ0n) is 12.1. The van der Waals surface area contributed by atoms with Gasteiger partial charge >= 0.3 is 5.97 Å². The monoisotopic (exact) mass is 317 g/mol. The highest BCUT2D eigenvalue weighted by Crippen LogP contribution is 2.23. The van der Waals surface area contributed by atoms with Gasteiger partial charge in [-0.2, -0.15) is 0 Å². The first-order chi connectivity index (χ1) is 10.6. The average Bonchev–Trinajstić information content (AvgIpc) is 3.01. The molecule has 2 heterocycles. The molecule has 114 valence electrons. The highest BCUT2D eigenvalue weighted by atomic mass is 32.1. The summed E-state index contributed by atoms with van der Waals surface area (Å²) < 4.78 is 3.86. The fourth-order valence-corrected chi connectivity index (χ4v) is 3.33. The molecular formula is C15H15N3O3S. The van der Waals surface area contributed by atoms with E-state index in [4.69, 9.17) is 5.11 Å². The van der Waals surface area contributed by atoms with Crippen molar-refractivity contribution < 1.29 is 14.7 Å². The van der Waals surface area contributed by atoms with Gasteiger partial charge in [-0.05, 0) is 47.6 Å². The van der Waals surface area contributed by atoms with E-state index >= 15 is 0 Å². The van der Waals surface area contributed by atoms with E-state index in [9.17, 15) is 9.59 Å². The van der Waals surface area contributed by atoms with Gasteiger partial charge in [-0.3, -0.25) is 4.79 Å². The van der Waals surface area contributed by atoms with E-state index in [1.807, 2.05) is 13.0 Å². The molecule has 0 spiro atoms. The van der Waals surface area contributed by atoms with E-state index in [1.54, 1.807) is 17.0 Å². The summed E-state index contributed by atoms with van der Waals surface area (Å²) in [4.78, 5) is 26.0. The van der Waals surface area contributed by atoms with Crippen LogP contribution in [-0.4, -0.2) is 38.0 Å². The summed E-state index contributed by atoms with van der Waals surface area (Å²) in [6.45, 7) is 2.99. The van der Waals surface area contributed by atoms with Crippen molar-refractivity contribution in [3.63, 3.8) is 0 Å². The van der Waals surface area contributed by atoms with Gasteiger partial charge in [0.15, 0.2) is 0 Å². The van der Waals surface area contributed by atoms with E-state index in [0.29, 0.717) is 24.4 Å². The molecule has 1 aromatic carbocycles. The molecule has 0 saturated carbocycles. The Morgan fingerprint density at radius 2 is 2.18 bits per heavy atom. The van der Waals surface area contributed by atoms with Crippen LogP contribution in [0, 0.1) is 0 Å². The number of amides is 1. The topological polar surface area (TPSA) is 83.4 Å². The summed E-state index contributed by atoms with van der Waals surface area (Å²) in [5.74, 6) is -1.02. The van der Waals surface area contributed by atoms with Gasteiger partial charge in [0.05, 0.1) is 11.3 Å². The zero-order chi connectivity index (χ0) is 15.7. The maximum absolute atomic E-state index is 12.6. The van der Waals surface area contributed by atoms with Gasteiger partial charge in [0.1, 0.15) is 4.88 Å². The van der Waals surface area contributed by atoms with Crippen LogP contribution in [-0.2, 0) is 19.4 Å². The second kappa shape index (κ2) is 5.84. The third-order valence-corrected chi connectivity index (χ3v) is 4.59. The first kappa shape index (κ1) is 14.6. The van der Waals surface area contributed by atoms with Crippen molar-refractivity contribution in [3.05, 3.63) is 45.5 Å². The standard InChI is InChI=1S/C15H15N3O3S/c1-2-12-13(22-17-16-12)14(19)18-6-5-9-3-4-10(15(20)21)7-11(9)8-18/h3-4,7H,2,5-6,8H2,1H3,(H,20,21). The van der Waals surface area contributed by atoms with Crippen molar-refractivity contribution in [2.45, 2.75) is 26.3 Å². The summed E-state index contributed by atoms with van der Waals surface area (Å²) in [7, 11) is 0. The molecule has 0 unspecified atom stereocenters. The number of aryl methyl sites for hydroxylation is 1. The molecule has 0 aliphatic carbocycles. The number of carbonyl (C=O) groups excluding carboxylic acids is 1. The first-order valence-electron chi connectivity index (χ1n) is 7.05. The third kappa shape index (κ3) is 2.59. The second-order valence-corrected chi connectivity index (χ2v) is 5.92. The van der Waals surface area contributed by atoms with Crippen molar-refractivity contribution in [1.82, 2.24) is 14.5 Å². The van der Waals surface area contributed by atoms with Gasteiger partial charge in [-0.15, -0.1) is 5.10 Å². The largest absolute Gasteiger partial charge is 0.478 e. The zero-order valence-corrected chi connectivity index (χ0v) is 12.9. The molecule has 3 rings (SSSR count). The Morgan fingerprint density at radius 1 is 1.36 bits per heavy atom. The van der Waals surface area contributed by atoms with Crippen molar-refractivity contribution >= 4 is 23.4 Å². The summed E-state index contributed by atoms with van der Waals surface area (Å²) in [6, 6.07) is 5.11. The highest BCUT2D eigenvalue weighted by Gasteiger charge is 2.25. The first-order valence-corrected chi connectivity index (χ1v) is 7.83. The molecule has 0 bridgehead atoms. The van der Waals surface area contributed by atoms with Gasteiger partial charge in [-0.25, -0.2) is 4.79 Å². The lowest BCUT2D eigenvalue weighted by atomic mass is 9.97. The van der Waals surface area contributed by atoms with Gasteiger partial charge in [0.2, 0.25) is 0 Å². The lowest BCUT2D eigenvalue weighted by Crippen LogP contribution is -2.36. The van der Waals surface area contributed by atoms with Crippen LogP contribution in [0.4, 0.5) is 0 Å². The summed E-state index contributed by atoms with van der Waals surface area (Å²) in [6.07, 6.45) is 1.40. The molecular weight excluding hydrogens is 302 g/mol. The molecule has 1 N–H and O–H groups in total. The molecule has 2 aromatic rings. The number of rotatable bonds is 3. The maximum Gasteiger partial charge on any atom is 0.335 e. The van der Waals surface area contributed by atoms with Gasteiger partial charge in [0.25, 0.3) is 5.91 Å². The van der Waals surface area contributed by atoms with Crippen molar-refractivity contribution in [1.29, 1.82) is 0 Å². The van der Waals surface area contributed by atoms with Crippen LogP contribution < -0.4 is 0 Å². The van der Waals surface area contributed by atoms with Gasteiger partial charge in [0, 0.05) is 13.1 Å². The Balaban J connectivity index is 1.86. The van der Waals surface area contributed by atoms with Gasteiger partial charge in [-0.1, -0.05) is 17.5 Å². The molecule has 1 aliphatic rings. The average molecular weight is 317 g/mol. The molecule has 0 fully saturated rings. The van der Waals surface area contributed by atoms with E-state index in [-0.39, 0.29) is 11.5 Å². The number of carbonyl (C=O) groups is 2. The van der Waals surface area contributed by atoms with E-state index < -0.39 is 5.97 Å². The Morgan fingerprint density at radius 3 is 2.91 bits per heavy atom. The van der Waals surface area contributed by atoms with Crippen LogP contribution in [0.3, 0.4) is 0 Å². The van der Waals surface area contributed by atoms with Crippen LogP contribution in [0.2, 0.25) is 0 Å². The Bertz CT molecular complexity index is 741. The summed E-state index contributed by atoms with van der Waals surface area (Å²) in [5, 5.41) is 13.1. The number of aromatic carboxylic acids is 1. The molecule has 1 aliphatic heterocycles. The molecule has 0 atom stereocenters. The minimum Gasteiger partial charge on any atom is -0.478 e. The maximum atomic E-state index is 12.6. The molecule has 1 aromatic heterocycles. The SMILES string of the molecule is CCc1nnsc1C(=O)N1CCc2ccc(C(=O)O)cc2C1. The Hall–Kier alpha value is -2.28. The number of benzene rings is 1.